The van der Waals surface area contributed by atoms with Crippen LogP contribution in [0.3, 0.4) is 0 Å². The maximum atomic E-state index is 11.7. The standard InChI is InChI=1S/C24H33N3O6/c1-29-22-9-5-20(6-10-22)17-31-24(28)27-16-4-14-25-13-3-15-26-19-33-32-18-21-7-11-23(30-2)12-8-21/h5-12,19,25H,3-4,13-18H2,1-2H3,(H,27,28). The Morgan fingerprint density at radius 1 is 0.848 bits per heavy atom. The molecule has 0 saturated heterocycles. The highest BCUT2D eigenvalue weighted by molar-refractivity contribution is 5.67. The van der Waals surface area contributed by atoms with Crippen molar-refractivity contribution in [2.24, 2.45) is 4.99 Å². The highest BCUT2D eigenvalue weighted by Crippen LogP contribution is 2.12. The molecule has 0 spiro atoms. The van der Waals surface area contributed by atoms with Gasteiger partial charge in [0.1, 0.15) is 24.7 Å². The van der Waals surface area contributed by atoms with Crippen LogP contribution in [0.15, 0.2) is 53.5 Å². The fourth-order valence-electron chi connectivity index (χ4n) is 2.68. The van der Waals surface area contributed by atoms with Gasteiger partial charge < -0.3 is 29.7 Å². The van der Waals surface area contributed by atoms with Crippen molar-refractivity contribution in [3.8, 4) is 11.5 Å². The molecular weight excluding hydrogens is 426 g/mol. The maximum absolute atomic E-state index is 11.7. The summed E-state index contributed by atoms with van der Waals surface area (Å²) in [7, 11) is 3.24. The van der Waals surface area contributed by atoms with Gasteiger partial charge >= 0.3 is 6.09 Å². The van der Waals surface area contributed by atoms with Gasteiger partial charge in [-0.1, -0.05) is 24.3 Å². The molecule has 0 aliphatic rings. The zero-order chi connectivity index (χ0) is 23.6. The largest absolute Gasteiger partial charge is 0.497 e. The summed E-state index contributed by atoms with van der Waals surface area (Å²) in [6.07, 6.45) is 2.57. The van der Waals surface area contributed by atoms with Crippen LogP contribution < -0.4 is 20.1 Å². The Morgan fingerprint density at radius 3 is 2.09 bits per heavy atom. The van der Waals surface area contributed by atoms with E-state index in [4.69, 9.17) is 24.0 Å². The van der Waals surface area contributed by atoms with Crippen molar-refractivity contribution >= 4 is 12.5 Å². The number of hydrogen-bond donors (Lipinski definition) is 2. The molecule has 0 radical (unpaired) electrons. The van der Waals surface area contributed by atoms with E-state index >= 15 is 0 Å². The second-order valence-corrected chi connectivity index (χ2v) is 7.03. The SMILES string of the molecule is COc1ccc(COOC=NCCCNCCCNC(=O)OCc2ccc(OC)cc2)cc1. The first-order chi connectivity index (χ1) is 16.2. The van der Waals surface area contributed by atoms with Gasteiger partial charge in [-0.2, -0.15) is 4.89 Å². The predicted molar refractivity (Wildman–Crippen MR) is 126 cm³/mol. The van der Waals surface area contributed by atoms with Gasteiger partial charge in [-0.3, -0.25) is 4.99 Å². The molecule has 2 N–H and O–H groups in total. The number of nitrogens with one attached hydrogen (secondary N) is 2. The van der Waals surface area contributed by atoms with Crippen molar-refractivity contribution in [3.05, 3.63) is 59.7 Å². The van der Waals surface area contributed by atoms with Crippen molar-refractivity contribution in [3.63, 3.8) is 0 Å². The van der Waals surface area contributed by atoms with Gasteiger partial charge in [0.2, 0.25) is 6.40 Å². The van der Waals surface area contributed by atoms with Crippen molar-refractivity contribution < 1.29 is 28.8 Å². The van der Waals surface area contributed by atoms with Crippen LogP contribution in [0.2, 0.25) is 0 Å². The summed E-state index contributed by atoms with van der Waals surface area (Å²) < 4.78 is 15.4. The smallest absolute Gasteiger partial charge is 0.407 e. The number of hydrogen-bond acceptors (Lipinski definition) is 8. The second kappa shape index (κ2) is 16.3. The fourth-order valence-corrected chi connectivity index (χ4v) is 2.68. The lowest BCUT2D eigenvalue weighted by atomic mass is 10.2. The van der Waals surface area contributed by atoms with Crippen molar-refractivity contribution in [2.75, 3.05) is 40.4 Å². The minimum absolute atomic E-state index is 0.227. The van der Waals surface area contributed by atoms with Crippen LogP contribution in [-0.2, 0) is 27.7 Å². The van der Waals surface area contributed by atoms with Gasteiger partial charge in [-0.05, 0) is 61.3 Å². The molecule has 0 saturated carbocycles. The van der Waals surface area contributed by atoms with E-state index in [1.54, 1.807) is 14.2 Å². The molecule has 2 aromatic rings. The fraction of sp³-hybridized carbons (Fsp3) is 0.417. The number of carbonyl (C=O) groups excluding carboxylic acids is 1. The summed E-state index contributed by atoms with van der Waals surface area (Å²) in [5.74, 6) is 1.57. The molecule has 0 aliphatic carbocycles. The third-order valence-electron chi connectivity index (χ3n) is 4.54. The molecule has 1 amide bonds. The molecule has 0 fully saturated rings. The topological polar surface area (TPSA) is 99.6 Å². The zero-order valence-corrected chi connectivity index (χ0v) is 19.2. The molecule has 2 aromatic carbocycles. The zero-order valence-electron chi connectivity index (χ0n) is 19.2. The third-order valence-corrected chi connectivity index (χ3v) is 4.54. The van der Waals surface area contributed by atoms with Gasteiger partial charge in [0.05, 0.1) is 14.2 Å². The summed E-state index contributed by atoms with van der Waals surface area (Å²) in [6, 6.07) is 14.9. The van der Waals surface area contributed by atoms with E-state index in [-0.39, 0.29) is 6.61 Å². The highest BCUT2D eigenvalue weighted by Gasteiger charge is 2.02. The lowest BCUT2D eigenvalue weighted by Gasteiger charge is -2.08. The van der Waals surface area contributed by atoms with Gasteiger partial charge in [0.15, 0.2) is 0 Å². The molecule has 0 unspecified atom stereocenters. The van der Waals surface area contributed by atoms with Crippen LogP contribution in [0.1, 0.15) is 24.0 Å². The minimum atomic E-state index is -0.422. The first-order valence-electron chi connectivity index (χ1n) is 10.8. The maximum Gasteiger partial charge on any atom is 0.407 e. The molecule has 2 rings (SSSR count). The Hall–Kier alpha value is -3.30. The number of carbonyl (C=O) groups is 1. The van der Waals surface area contributed by atoms with Crippen molar-refractivity contribution in [1.29, 1.82) is 0 Å². The van der Waals surface area contributed by atoms with Crippen LogP contribution in [0.25, 0.3) is 0 Å². The van der Waals surface area contributed by atoms with Crippen LogP contribution in [-0.4, -0.2) is 52.9 Å². The van der Waals surface area contributed by atoms with Crippen LogP contribution in [0, 0.1) is 0 Å². The van der Waals surface area contributed by atoms with Crippen LogP contribution in [0.4, 0.5) is 4.79 Å². The first kappa shape index (κ1) is 26.0. The third kappa shape index (κ3) is 11.8. The number of amides is 1. The van der Waals surface area contributed by atoms with E-state index in [0.29, 0.717) is 19.7 Å². The quantitative estimate of drug-likeness (QED) is 0.130. The first-order valence-corrected chi connectivity index (χ1v) is 10.8. The van der Waals surface area contributed by atoms with Crippen LogP contribution in [0.5, 0.6) is 11.5 Å². The van der Waals surface area contributed by atoms with E-state index in [0.717, 1.165) is 48.6 Å². The number of ether oxygens (including phenoxy) is 3. The highest BCUT2D eigenvalue weighted by atomic mass is 17.2. The summed E-state index contributed by atoms with van der Waals surface area (Å²) in [5.41, 5.74) is 1.89. The normalized spacial score (nSPS) is 10.7. The Bertz CT molecular complexity index is 812. The van der Waals surface area contributed by atoms with E-state index in [1.807, 2.05) is 48.5 Å². The molecule has 9 nitrogen and oxygen atoms in total. The molecule has 0 atom stereocenters. The van der Waals surface area contributed by atoms with Gasteiger partial charge in [0.25, 0.3) is 0 Å². The summed E-state index contributed by atoms with van der Waals surface area (Å²) in [5, 5.41) is 6.04. The summed E-state index contributed by atoms with van der Waals surface area (Å²) in [6.45, 7) is 3.36. The van der Waals surface area contributed by atoms with E-state index in [1.165, 1.54) is 6.40 Å². The monoisotopic (exact) mass is 459 g/mol. The second-order valence-electron chi connectivity index (χ2n) is 7.03. The number of benzene rings is 2. The average molecular weight is 460 g/mol. The summed E-state index contributed by atoms with van der Waals surface area (Å²) >= 11 is 0. The Kier molecular flexibility index (Phi) is 12.9. The number of aliphatic imine (C=N–C) groups is 1. The molecule has 33 heavy (non-hydrogen) atoms. The van der Waals surface area contributed by atoms with Gasteiger partial charge in [0, 0.05) is 13.1 Å². The molecular formula is C24H33N3O6. The van der Waals surface area contributed by atoms with E-state index < -0.39 is 6.09 Å². The predicted octanol–water partition coefficient (Wildman–Crippen LogP) is 3.48. The lowest BCUT2D eigenvalue weighted by Crippen LogP contribution is -2.28. The Balaban J connectivity index is 1.37. The molecule has 9 heteroatoms. The Morgan fingerprint density at radius 2 is 1.45 bits per heavy atom. The number of methoxy groups -OCH3 is 2. The van der Waals surface area contributed by atoms with Crippen LogP contribution >= 0.6 is 0 Å². The van der Waals surface area contributed by atoms with Gasteiger partial charge in [-0.25, -0.2) is 4.79 Å². The molecule has 0 aromatic heterocycles. The molecule has 0 heterocycles. The summed E-state index contributed by atoms with van der Waals surface area (Å²) in [4.78, 5) is 25.9. The minimum Gasteiger partial charge on any atom is -0.497 e. The van der Waals surface area contributed by atoms with Crippen molar-refractivity contribution in [1.82, 2.24) is 10.6 Å². The number of nitrogens with zero attached hydrogens (tertiary/aromatic N) is 1. The van der Waals surface area contributed by atoms with Crippen molar-refractivity contribution in [2.45, 2.75) is 26.1 Å². The number of rotatable bonds is 16. The molecule has 0 aliphatic heterocycles. The van der Waals surface area contributed by atoms with E-state index in [2.05, 4.69) is 15.6 Å². The molecule has 180 valence electrons. The number of alkyl carbamates (subject to hydrolysis) is 1. The average Bonchev–Trinajstić information content (AvgIpc) is 2.86. The molecule has 0 bridgehead atoms. The van der Waals surface area contributed by atoms with E-state index in [9.17, 15) is 4.79 Å². The lowest BCUT2D eigenvalue weighted by molar-refractivity contribution is -0.227. The van der Waals surface area contributed by atoms with Gasteiger partial charge in [-0.15, -0.1) is 0 Å². The Labute approximate surface area is 195 Å².